The van der Waals surface area contributed by atoms with Gasteiger partial charge in [0.25, 0.3) is 0 Å². The molecule has 0 spiro atoms. The van der Waals surface area contributed by atoms with Crippen molar-refractivity contribution >= 4 is 23.1 Å². The van der Waals surface area contributed by atoms with Crippen molar-refractivity contribution in [2.75, 3.05) is 19.8 Å². The van der Waals surface area contributed by atoms with E-state index in [0.29, 0.717) is 23.8 Å². The number of carbonyl (C=O) groups is 1. The standard InChI is InChI=1S/C20H18ClNO3/c21-15-4-1-3-14(9-15)18(23)12-17-16-11-20-19(24-7-2-8-25-20)10-13(16)5-6-22-17/h1,3-4,9-12,22H,2,5-8H2/b17-12+. The van der Waals surface area contributed by atoms with Crippen LogP contribution in [0.2, 0.25) is 5.02 Å². The Bertz CT molecular complexity index is 860. The monoisotopic (exact) mass is 355 g/mol. The maximum Gasteiger partial charge on any atom is 0.187 e. The molecular formula is C20H18ClNO3. The lowest BCUT2D eigenvalue weighted by atomic mass is 9.95. The molecule has 0 radical (unpaired) electrons. The Hall–Kier alpha value is -2.46. The van der Waals surface area contributed by atoms with Crippen molar-refractivity contribution in [3.05, 3.63) is 64.2 Å². The summed E-state index contributed by atoms with van der Waals surface area (Å²) >= 11 is 5.99. The molecule has 0 unspecified atom stereocenters. The summed E-state index contributed by atoms with van der Waals surface area (Å²) in [5, 5.41) is 3.88. The molecular weight excluding hydrogens is 338 g/mol. The van der Waals surface area contributed by atoms with E-state index in [1.54, 1.807) is 30.3 Å². The summed E-state index contributed by atoms with van der Waals surface area (Å²) in [4.78, 5) is 12.6. The summed E-state index contributed by atoms with van der Waals surface area (Å²) in [6.45, 7) is 2.08. The van der Waals surface area contributed by atoms with E-state index < -0.39 is 0 Å². The number of carbonyl (C=O) groups excluding carboxylic acids is 1. The first kappa shape index (κ1) is 16.0. The molecule has 0 aliphatic carbocycles. The zero-order valence-corrected chi connectivity index (χ0v) is 14.4. The van der Waals surface area contributed by atoms with Gasteiger partial charge in [-0.1, -0.05) is 23.7 Å². The van der Waals surface area contributed by atoms with E-state index in [0.717, 1.165) is 47.7 Å². The Kier molecular flexibility index (Phi) is 4.36. The Morgan fingerprint density at radius 3 is 2.72 bits per heavy atom. The van der Waals surface area contributed by atoms with Gasteiger partial charge in [-0.2, -0.15) is 0 Å². The van der Waals surface area contributed by atoms with E-state index in [-0.39, 0.29) is 5.78 Å². The van der Waals surface area contributed by atoms with Crippen LogP contribution < -0.4 is 14.8 Å². The van der Waals surface area contributed by atoms with Crippen LogP contribution in [-0.2, 0) is 6.42 Å². The molecule has 0 saturated heterocycles. The lowest BCUT2D eigenvalue weighted by Crippen LogP contribution is -2.23. The van der Waals surface area contributed by atoms with Crippen molar-refractivity contribution in [2.45, 2.75) is 12.8 Å². The average Bonchev–Trinajstić information content (AvgIpc) is 2.85. The van der Waals surface area contributed by atoms with Crippen LogP contribution in [0.15, 0.2) is 42.5 Å². The molecule has 0 saturated carbocycles. The van der Waals surface area contributed by atoms with Crippen molar-refractivity contribution in [3.63, 3.8) is 0 Å². The van der Waals surface area contributed by atoms with Crippen LogP contribution in [0.25, 0.3) is 5.70 Å². The minimum absolute atomic E-state index is 0.0787. The lowest BCUT2D eigenvalue weighted by molar-refractivity contribution is 0.104. The third-order valence-corrected chi connectivity index (χ3v) is 4.59. The van der Waals surface area contributed by atoms with Gasteiger partial charge in [0.2, 0.25) is 0 Å². The predicted octanol–water partition coefficient (Wildman–Crippen LogP) is 3.87. The van der Waals surface area contributed by atoms with Gasteiger partial charge in [0.05, 0.1) is 13.2 Å². The Morgan fingerprint density at radius 1 is 1.12 bits per heavy atom. The molecule has 0 bridgehead atoms. The molecule has 5 heteroatoms. The third-order valence-electron chi connectivity index (χ3n) is 4.36. The van der Waals surface area contributed by atoms with Crippen LogP contribution >= 0.6 is 11.6 Å². The zero-order chi connectivity index (χ0) is 17.2. The Morgan fingerprint density at radius 2 is 1.92 bits per heavy atom. The van der Waals surface area contributed by atoms with Crippen molar-refractivity contribution in [3.8, 4) is 11.5 Å². The van der Waals surface area contributed by atoms with Gasteiger partial charge in [0.1, 0.15) is 0 Å². The van der Waals surface area contributed by atoms with Gasteiger partial charge in [-0.3, -0.25) is 4.79 Å². The highest BCUT2D eigenvalue weighted by molar-refractivity contribution is 6.31. The van der Waals surface area contributed by atoms with Gasteiger partial charge in [-0.05, 0) is 36.2 Å². The van der Waals surface area contributed by atoms with E-state index in [1.807, 2.05) is 12.1 Å². The van der Waals surface area contributed by atoms with Crippen LogP contribution in [0.5, 0.6) is 11.5 Å². The average molecular weight is 356 g/mol. The first-order valence-corrected chi connectivity index (χ1v) is 8.77. The highest BCUT2D eigenvalue weighted by Crippen LogP contribution is 2.36. The molecule has 2 aromatic rings. The molecule has 2 aliphatic rings. The molecule has 0 aromatic heterocycles. The van der Waals surface area contributed by atoms with Crippen molar-refractivity contribution in [1.29, 1.82) is 0 Å². The van der Waals surface area contributed by atoms with E-state index in [4.69, 9.17) is 21.1 Å². The lowest BCUT2D eigenvalue weighted by Gasteiger charge is -2.23. The minimum atomic E-state index is -0.0787. The minimum Gasteiger partial charge on any atom is -0.490 e. The number of allylic oxidation sites excluding steroid dienone is 1. The van der Waals surface area contributed by atoms with Crippen LogP contribution in [0.3, 0.4) is 0 Å². The molecule has 0 fully saturated rings. The van der Waals surface area contributed by atoms with Crippen LogP contribution in [0.4, 0.5) is 0 Å². The zero-order valence-electron chi connectivity index (χ0n) is 13.7. The molecule has 4 nitrogen and oxygen atoms in total. The quantitative estimate of drug-likeness (QED) is 0.656. The fraction of sp³-hybridized carbons (Fsp3) is 0.250. The maximum atomic E-state index is 12.6. The summed E-state index contributed by atoms with van der Waals surface area (Å²) < 4.78 is 11.6. The number of rotatable bonds is 2. The largest absolute Gasteiger partial charge is 0.490 e. The first-order chi connectivity index (χ1) is 12.2. The number of hydrogen-bond donors (Lipinski definition) is 1. The highest BCUT2D eigenvalue weighted by Gasteiger charge is 2.20. The highest BCUT2D eigenvalue weighted by atomic mass is 35.5. The number of ketones is 1. The van der Waals surface area contributed by atoms with Gasteiger partial charge >= 0.3 is 0 Å². The van der Waals surface area contributed by atoms with E-state index in [9.17, 15) is 4.79 Å². The van der Waals surface area contributed by atoms with Crippen LogP contribution in [0.1, 0.15) is 27.9 Å². The predicted molar refractivity (Wildman–Crippen MR) is 97.5 cm³/mol. The molecule has 4 rings (SSSR count). The summed E-state index contributed by atoms with van der Waals surface area (Å²) in [5.74, 6) is 1.45. The van der Waals surface area contributed by atoms with Crippen molar-refractivity contribution < 1.29 is 14.3 Å². The van der Waals surface area contributed by atoms with E-state index >= 15 is 0 Å². The fourth-order valence-corrected chi connectivity index (χ4v) is 3.31. The molecule has 2 aliphatic heterocycles. The second kappa shape index (κ2) is 6.81. The summed E-state index contributed by atoms with van der Waals surface area (Å²) in [7, 11) is 0. The van der Waals surface area contributed by atoms with Crippen molar-refractivity contribution in [1.82, 2.24) is 5.32 Å². The second-order valence-corrected chi connectivity index (χ2v) is 6.55. The van der Waals surface area contributed by atoms with Crippen molar-refractivity contribution in [2.24, 2.45) is 0 Å². The Labute approximate surface area is 151 Å². The van der Waals surface area contributed by atoms with E-state index in [1.165, 1.54) is 0 Å². The van der Waals surface area contributed by atoms with Crippen LogP contribution in [-0.4, -0.2) is 25.5 Å². The molecule has 2 heterocycles. The number of benzene rings is 2. The topological polar surface area (TPSA) is 47.6 Å². The molecule has 128 valence electrons. The summed E-state index contributed by atoms with van der Waals surface area (Å²) in [5.41, 5.74) is 3.53. The summed E-state index contributed by atoms with van der Waals surface area (Å²) in [6, 6.07) is 11.0. The molecule has 1 N–H and O–H groups in total. The molecule has 2 aromatic carbocycles. The maximum absolute atomic E-state index is 12.6. The van der Waals surface area contributed by atoms with Gasteiger partial charge in [-0.15, -0.1) is 0 Å². The third kappa shape index (κ3) is 3.35. The smallest absolute Gasteiger partial charge is 0.187 e. The Balaban J connectivity index is 1.71. The number of halogens is 1. The van der Waals surface area contributed by atoms with Gasteiger partial charge in [0, 0.05) is 40.9 Å². The van der Waals surface area contributed by atoms with Gasteiger partial charge < -0.3 is 14.8 Å². The number of ether oxygens (including phenoxy) is 2. The fourth-order valence-electron chi connectivity index (χ4n) is 3.12. The molecule has 0 amide bonds. The van der Waals surface area contributed by atoms with E-state index in [2.05, 4.69) is 5.32 Å². The summed E-state index contributed by atoms with van der Waals surface area (Å²) in [6.07, 6.45) is 3.38. The number of nitrogens with one attached hydrogen (secondary N) is 1. The normalized spacial score (nSPS) is 17.4. The molecule has 0 atom stereocenters. The number of hydrogen-bond acceptors (Lipinski definition) is 4. The first-order valence-electron chi connectivity index (χ1n) is 8.39. The molecule has 25 heavy (non-hydrogen) atoms. The SMILES string of the molecule is O=C(/C=C1/NCCc2cc3c(cc21)OCCCO3)c1cccc(Cl)c1. The second-order valence-electron chi connectivity index (χ2n) is 6.12. The number of fused-ring (bicyclic) bond motifs is 2. The van der Waals surface area contributed by atoms with Gasteiger partial charge in [-0.25, -0.2) is 0 Å². The van der Waals surface area contributed by atoms with Crippen LogP contribution in [0, 0.1) is 0 Å². The van der Waals surface area contributed by atoms with Gasteiger partial charge in [0.15, 0.2) is 17.3 Å².